The number of allylic oxidation sites excluding steroid dienone is 8. The van der Waals surface area contributed by atoms with Crippen molar-refractivity contribution in [2.24, 2.45) is 0 Å². The maximum absolute atomic E-state index is 12.8. The number of nitrogens with zero attached hydrogens (tertiary/aromatic N) is 1. The molecule has 0 fully saturated rings. The number of hydrogen-bond acceptors (Lipinski definition) is 7. The van der Waals surface area contributed by atoms with E-state index in [1.54, 1.807) is 21.1 Å². The molecule has 0 aliphatic carbocycles. The van der Waals surface area contributed by atoms with Crippen molar-refractivity contribution in [3.63, 3.8) is 0 Å². The molecule has 0 N–H and O–H groups in total. The number of carboxylic acids is 1. The molecule has 0 radical (unpaired) electrons. The number of aliphatic carboxylic acids is 1. The van der Waals surface area contributed by atoms with Crippen LogP contribution in [0.4, 0.5) is 0 Å². The quantitative estimate of drug-likeness (QED) is 0.0259. The summed E-state index contributed by atoms with van der Waals surface area (Å²) in [6.45, 7) is 4.61. The van der Waals surface area contributed by atoms with Crippen LogP contribution in [0.2, 0.25) is 0 Å². The third-order valence-corrected chi connectivity index (χ3v) is 12.0. The van der Waals surface area contributed by atoms with Crippen LogP contribution < -0.4 is 5.11 Å². The van der Waals surface area contributed by atoms with Gasteiger partial charge >= 0.3 is 11.9 Å². The van der Waals surface area contributed by atoms with Gasteiger partial charge in [0.05, 0.1) is 40.3 Å². The molecule has 0 bridgehead atoms. The average Bonchev–Trinajstić information content (AvgIpc) is 3.26. The largest absolute Gasteiger partial charge is 0.544 e. The lowest BCUT2D eigenvalue weighted by molar-refractivity contribution is -0.889. The number of carbonyl (C=O) groups is 3. The Morgan fingerprint density at radius 3 is 1.27 bits per heavy atom. The van der Waals surface area contributed by atoms with Gasteiger partial charge in [0.2, 0.25) is 0 Å². The molecule has 2 atom stereocenters. The lowest BCUT2D eigenvalue weighted by Gasteiger charge is -2.34. The number of carbonyl (C=O) groups excluding carboxylic acids is 3. The molecule has 0 spiro atoms. The van der Waals surface area contributed by atoms with Crippen LogP contribution in [-0.2, 0) is 28.6 Å². The van der Waals surface area contributed by atoms with Crippen LogP contribution in [0.3, 0.4) is 0 Å². The van der Waals surface area contributed by atoms with Crippen LogP contribution in [-0.4, -0.2) is 75.5 Å². The Kier molecular flexibility index (Phi) is 44.8. The zero-order valence-electron chi connectivity index (χ0n) is 42.4. The first-order valence-electron chi connectivity index (χ1n) is 26.7. The minimum atomic E-state index is -1.13. The summed E-state index contributed by atoms with van der Waals surface area (Å²) in [6, 6.07) is -0.734. The summed E-state index contributed by atoms with van der Waals surface area (Å²) in [6.07, 6.45) is 57.3. The molecule has 0 saturated heterocycles. The minimum absolute atomic E-state index is 0.0253. The number of hydrogen-bond donors (Lipinski definition) is 0. The lowest BCUT2D eigenvalue weighted by Crippen LogP contribution is -2.55. The lowest BCUT2D eigenvalue weighted by atomic mass is 10.0. The molecule has 0 aliphatic heterocycles. The first-order chi connectivity index (χ1) is 31.1. The Labute approximate surface area is 395 Å². The number of esters is 2. The third kappa shape index (κ3) is 44.5. The van der Waals surface area contributed by atoms with E-state index in [-0.39, 0.29) is 49.1 Å². The van der Waals surface area contributed by atoms with Crippen molar-refractivity contribution >= 4 is 17.9 Å². The van der Waals surface area contributed by atoms with Gasteiger partial charge in [0.15, 0.2) is 6.10 Å². The van der Waals surface area contributed by atoms with Crippen LogP contribution in [0.5, 0.6) is 0 Å². The zero-order valence-corrected chi connectivity index (χ0v) is 42.4. The van der Waals surface area contributed by atoms with Gasteiger partial charge in [-0.1, -0.05) is 217 Å². The van der Waals surface area contributed by atoms with Crippen LogP contribution in [0.15, 0.2) is 48.6 Å². The predicted molar refractivity (Wildman–Crippen MR) is 268 cm³/mol. The topological polar surface area (TPSA) is 102 Å². The Morgan fingerprint density at radius 2 is 0.844 bits per heavy atom. The fourth-order valence-corrected chi connectivity index (χ4v) is 7.83. The molecule has 0 aromatic rings. The van der Waals surface area contributed by atoms with E-state index in [1.807, 2.05) is 0 Å². The molecule has 8 nitrogen and oxygen atoms in total. The molecule has 372 valence electrons. The minimum Gasteiger partial charge on any atom is -0.544 e. The summed E-state index contributed by atoms with van der Waals surface area (Å²) in [4.78, 5) is 37.0. The SMILES string of the molecule is CCCCC/C=C/C/C=C/C/C=C/C/C=C/CCCC(=O)OCC(COCCC(C(=O)[O-])[N+](C)(C)C)OC(=O)CCCCCCCCCCCCCCCCCCCCCCCCC. The van der Waals surface area contributed by atoms with Crippen LogP contribution >= 0.6 is 0 Å². The van der Waals surface area contributed by atoms with Crippen molar-refractivity contribution < 1.29 is 38.2 Å². The molecule has 0 aromatic carbocycles. The molecular weight excluding hydrogens is 799 g/mol. The van der Waals surface area contributed by atoms with Crippen LogP contribution in [0, 0.1) is 0 Å². The van der Waals surface area contributed by atoms with Gasteiger partial charge in [0.25, 0.3) is 0 Å². The molecule has 0 amide bonds. The van der Waals surface area contributed by atoms with E-state index >= 15 is 0 Å². The number of likely N-dealkylation sites (N-methyl/N-ethyl adjacent to an activating group) is 1. The zero-order chi connectivity index (χ0) is 47.0. The molecule has 0 rings (SSSR count). The Bertz CT molecular complexity index is 1190. The summed E-state index contributed by atoms with van der Waals surface area (Å²) in [5.74, 6) is -1.80. The summed E-state index contributed by atoms with van der Waals surface area (Å²) in [7, 11) is 5.40. The van der Waals surface area contributed by atoms with Crippen molar-refractivity contribution in [3.8, 4) is 0 Å². The molecule has 8 heteroatoms. The molecule has 2 unspecified atom stereocenters. The summed E-state index contributed by atoms with van der Waals surface area (Å²) in [5, 5.41) is 11.7. The molecular formula is C56H101NO7. The normalized spacial score (nSPS) is 13.2. The Morgan fingerprint density at radius 1 is 0.469 bits per heavy atom. The maximum Gasteiger partial charge on any atom is 0.306 e. The number of quaternary nitrogens is 1. The highest BCUT2D eigenvalue weighted by atomic mass is 16.6. The number of unbranched alkanes of at least 4 members (excludes halogenated alkanes) is 26. The number of ether oxygens (including phenoxy) is 3. The Hall–Kier alpha value is -2.71. The summed E-state index contributed by atoms with van der Waals surface area (Å²) >= 11 is 0. The van der Waals surface area contributed by atoms with Crippen LogP contribution in [0.1, 0.15) is 239 Å². The van der Waals surface area contributed by atoms with Crippen molar-refractivity contribution in [2.45, 2.75) is 251 Å². The third-order valence-electron chi connectivity index (χ3n) is 12.0. The van der Waals surface area contributed by atoms with Gasteiger partial charge in [0.1, 0.15) is 12.6 Å². The molecule has 0 heterocycles. The van der Waals surface area contributed by atoms with E-state index in [0.29, 0.717) is 12.8 Å². The smallest absolute Gasteiger partial charge is 0.306 e. The number of carboxylic acid groups (broad SMARTS) is 1. The first kappa shape index (κ1) is 61.3. The van der Waals surface area contributed by atoms with Crippen molar-refractivity contribution in [1.82, 2.24) is 0 Å². The highest BCUT2D eigenvalue weighted by Crippen LogP contribution is 2.16. The fraction of sp³-hybridized carbons (Fsp3) is 0.804. The molecule has 0 aromatic heterocycles. The maximum atomic E-state index is 12.8. The van der Waals surface area contributed by atoms with Gasteiger partial charge in [-0.3, -0.25) is 9.59 Å². The van der Waals surface area contributed by atoms with E-state index in [4.69, 9.17) is 14.2 Å². The van der Waals surface area contributed by atoms with Gasteiger partial charge in [-0.15, -0.1) is 0 Å². The second-order valence-electron chi connectivity index (χ2n) is 19.1. The van der Waals surface area contributed by atoms with Gasteiger partial charge in [0, 0.05) is 19.3 Å². The van der Waals surface area contributed by atoms with Gasteiger partial charge in [-0.05, 0) is 51.4 Å². The fourth-order valence-electron chi connectivity index (χ4n) is 7.83. The summed E-state index contributed by atoms with van der Waals surface area (Å²) in [5.41, 5.74) is 0. The van der Waals surface area contributed by atoms with E-state index < -0.39 is 18.1 Å². The van der Waals surface area contributed by atoms with E-state index in [1.165, 1.54) is 154 Å². The van der Waals surface area contributed by atoms with E-state index in [9.17, 15) is 19.5 Å². The van der Waals surface area contributed by atoms with Crippen LogP contribution in [0.25, 0.3) is 0 Å². The van der Waals surface area contributed by atoms with Gasteiger partial charge in [-0.25, -0.2) is 0 Å². The average molecular weight is 900 g/mol. The van der Waals surface area contributed by atoms with E-state index in [0.717, 1.165) is 44.9 Å². The first-order valence-corrected chi connectivity index (χ1v) is 26.7. The van der Waals surface area contributed by atoms with Crippen molar-refractivity contribution in [3.05, 3.63) is 48.6 Å². The highest BCUT2D eigenvalue weighted by Gasteiger charge is 2.25. The Balaban J connectivity index is 4.25. The van der Waals surface area contributed by atoms with Crippen molar-refractivity contribution in [1.29, 1.82) is 0 Å². The monoisotopic (exact) mass is 900 g/mol. The standard InChI is InChI=1S/C56H101NO7/c1-6-8-10-12-14-16-18-20-22-24-25-26-27-28-29-31-33-35-37-39-41-43-45-47-55(59)64-52(50-62-49-48-53(56(60)61)57(3,4)5)51-63-54(58)46-44-42-40-38-36-34-32-30-23-21-19-17-15-13-11-9-7-2/h15,17,21,23,32,34,38,40,52-53H,6-14,16,18-20,22,24-31,33,35-37,39,41-51H2,1-5H3/b17-15+,23-21+,34-32+,40-38+. The number of rotatable bonds is 48. The van der Waals surface area contributed by atoms with Gasteiger partial charge < -0.3 is 28.6 Å². The predicted octanol–water partition coefficient (Wildman–Crippen LogP) is 14.2. The van der Waals surface area contributed by atoms with Crippen molar-refractivity contribution in [2.75, 3.05) is 41.0 Å². The summed E-state index contributed by atoms with van der Waals surface area (Å²) < 4.78 is 17.2. The molecule has 64 heavy (non-hydrogen) atoms. The molecule has 0 aliphatic rings. The second-order valence-corrected chi connectivity index (χ2v) is 19.1. The highest BCUT2D eigenvalue weighted by molar-refractivity contribution is 5.70. The van der Waals surface area contributed by atoms with Gasteiger partial charge in [-0.2, -0.15) is 0 Å². The second kappa shape index (κ2) is 46.8. The molecule has 0 saturated carbocycles. The van der Waals surface area contributed by atoms with E-state index in [2.05, 4.69) is 62.5 Å².